The quantitative estimate of drug-likeness (QED) is 0.858. The number of aromatic nitrogens is 1. The van der Waals surface area contributed by atoms with Crippen molar-refractivity contribution in [3.8, 4) is 5.75 Å². The van der Waals surface area contributed by atoms with Crippen molar-refractivity contribution in [2.75, 3.05) is 26.2 Å². The molecule has 0 radical (unpaired) electrons. The molecule has 5 heteroatoms. The first-order valence-corrected chi connectivity index (χ1v) is 6.84. The summed E-state index contributed by atoms with van der Waals surface area (Å²) >= 11 is 0. The first kappa shape index (κ1) is 13.8. The van der Waals surface area contributed by atoms with Crippen molar-refractivity contribution in [1.29, 1.82) is 0 Å². The van der Waals surface area contributed by atoms with Crippen LogP contribution in [0, 0.1) is 5.92 Å². The van der Waals surface area contributed by atoms with Gasteiger partial charge in [-0.05, 0) is 44.8 Å². The highest BCUT2D eigenvalue weighted by molar-refractivity contribution is 5.94. The fourth-order valence-corrected chi connectivity index (χ4v) is 2.46. The van der Waals surface area contributed by atoms with Gasteiger partial charge >= 0.3 is 0 Å². The van der Waals surface area contributed by atoms with E-state index in [1.54, 1.807) is 0 Å². The molecule has 1 saturated heterocycles. The number of hydrogen-bond donors (Lipinski definition) is 2. The summed E-state index contributed by atoms with van der Waals surface area (Å²) in [5.41, 5.74) is 0.454. The molecule has 0 spiro atoms. The zero-order valence-electron chi connectivity index (χ0n) is 11.3. The maximum atomic E-state index is 12.4. The largest absolute Gasteiger partial charge is 0.506 e. The van der Waals surface area contributed by atoms with Crippen molar-refractivity contribution in [2.45, 2.75) is 19.8 Å². The molecular formula is C14H21N3O2. The average molecular weight is 263 g/mol. The Balaban J connectivity index is 2.02. The third-order valence-corrected chi connectivity index (χ3v) is 3.58. The van der Waals surface area contributed by atoms with E-state index in [1.165, 1.54) is 18.5 Å². The Morgan fingerprint density at radius 1 is 1.47 bits per heavy atom. The summed E-state index contributed by atoms with van der Waals surface area (Å²) in [6.07, 6.45) is 5.07. The Morgan fingerprint density at radius 3 is 2.84 bits per heavy atom. The van der Waals surface area contributed by atoms with Gasteiger partial charge in [0, 0.05) is 19.3 Å². The molecule has 19 heavy (non-hydrogen) atoms. The number of rotatable bonds is 4. The fraction of sp³-hybridized carbons (Fsp3) is 0.571. The topological polar surface area (TPSA) is 65.5 Å². The monoisotopic (exact) mass is 263 g/mol. The molecule has 5 nitrogen and oxygen atoms in total. The molecule has 0 aliphatic carbocycles. The molecule has 1 aliphatic heterocycles. The summed E-state index contributed by atoms with van der Waals surface area (Å²) in [4.78, 5) is 18.1. The highest BCUT2D eigenvalue weighted by Crippen LogP contribution is 2.16. The van der Waals surface area contributed by atoms with Gasteiger partial charge in [-0.25, -0.2) is 0 Å². The summed E-state index contributed by atoms with van der Waals surface area (Å²) < 4.78 is 0. The molecule has 0 bridgehead atoms. The van der Waals surface area contributed by atoms with Gasteiger partial charge < -0.3 is 15.3 Å². The summed E-state index contributed by atoms with van der Waals surface area (Å²) in [6.45, 7) is 5.51. The van der Waals surface area contributed by atoms with Gasteiger partial charge in [0.1, 0.15) is 5.75 Å². The van der Waals surface area contributed by atoms with Crippen LogP contribution in [0.4, 0.5) is 0 Å². The molecule has 2 heterocycles. The van der Waals surface area contributed by atoms with Crippen LogP contribution in [-0.4, -0.2) is 47.1 Å². The minimum absolute atomic E-state index is 0.0313. The summed E-state index contributed by atoms with van der Waals surface area (Å²) in [7, 11) is 0. The Labute approximate surface area is 113 Å². The van der Waals surface area contributed by atoms with E-state index in [9.17, 15) is 9.90 Å². The number of piperidine rings is 1. The van der Waals surface area contributed by atoms with Gasteiger partial charge in [0.2, 0.25) is 0 Å². The first-order valence-electron chi connectivity index (χ1n) is 6.84. The molecule has 2 rings (SSSR count). The summed E-state index contributed by atoms with van der Waals surface area (Å²) in [5.74, 6) is 0.545. The van der Waals surface area contributed by atoms with Crippen molar-refractivity contribution in [3.63, 3.8) is 0 Å². The number of amides is 1. The predicted octanol–water partition coefficient (Wildman–Crippen LogP) is 1.25. The van der Waals surface area contributed by atoms with E-state index in [4.69, 9.17) is 0 Å². The molecule has 1 aromatic heterocycles. The van der Waals surface area contributed by atoms with Crippen molar-refractivity contribution >= 4 is 5.91 Å². The van der Waals surface area contributed by atoms with Crippen LogP contribution in [0.25, 0.3) is 0 Å². The van der Waals surface area contributed by atoms with Crippen LogP contribution in [0.2, 0.25) is 0 Å². The van der Waals surface area contributed by atoms with E-state index in [0.717, 1.165) is 32.5 Å². The van der Waals surface area contributed by atoms with Crippen molar-refractivity contribution < 1.29 is 9.90 Å². The van der Waals surface area contributed by atoms with E-state index in [2.05, 4.69) is 10.3 Å². The van der Waals surface area contributed by atoms with Gasteiger partial charge in [-0.15, -0.1) is 0 Å². The number of pyridine rings is 1. The highest BCUT2D eigenvalue weighted by atomic mass is 16.3. The minimum Gasteiger partial charge on any atom is -0.506 e. The fourth-order valence-electron chi connectivity index (χ4n) is 2.46. The minimum atomic E-state index is -0.0515. The van der Waals surface area contributed by atoms with Gasteiger partial charge in [0.05, 0.1) is 11.8 Å². The zero-order chi connectivity index (χ0) is 13.7. The van der Waals surface area contributed by atoms with Crippen LogP contribution in [0.5, 0.6) is 5.75 Å². The van der Waals surface area contributed by atoms with Gasteiger partial charge in [-0.3, -0.25) is 9.78 Å². The van der Waals surface area contributed by atoms with Crippen LogP contribution < -0.4 is 5.32 Å². The smallest absolute Gasteiger partial charge is 0.255 e. The van der Waals surface area contributed by atoms with Crippen molar-refractivity contribution in [1.82, 2.24) is 15.2 Å². The van der Waals surface area contributed by atoms with Crippen LogP contribution in [0.1, 0.15) is 30.1 Å². The van der Waals surface area contributed by atoms with Crippen molar-refractivity contribution in [3.05, 3.63) is 24.0 Å². The van der Waals surface area contributed by atoms with Gasteiger partial charge in [0.15, 0.2) is 0 Å². The normalized spacial score (nSPS) is 16.3. The number of carbonyl (C=O) groups excluding carboxylic acids is 1. The van der Waals surface area contributed by atoms with E-state index in [1.807, 2.05) is 11.8 Å². The average Bonchev–Trinajstić information content (AvgIpc) is 2.45. The molecule has 2 N–H and O–H groups in total. The molecule has 0 atom stereocenters. The van der Waals surface area contributed by atoms with Gasteiger partial charge in [-0.2, -0.15) is 0 Å². The number of carbonyl (C=O) groups is 1. The second-order valence-corrected chi connectivity index (χ2v) is 4.97. The molecular weight excluding hydrogens is 242 g/mol. The second kappa shape index (κ2) is 6.52. The lowest BCUT2D eigenvalue weighted by atomic mass is 9.97. The molecule has 1 amide bonds. The molecule has 1 aromatic rings. The Morgan fingerprint density at radius 2 is 2.21 bits per heavy atom. The van der Waals surface area contributed by atoms with Crippen LogP contribution in [0.3, 0.4) is 0 Å². The number of aromatic hydroxyl groups is 1. The van der Waals surface area contributed by atoms with Gasteiger partial charge in [0.25, 0.3) is 5.91 Å². The van der Waals surface area contributed by atoms with E-state index in [-0.39, 0.29) is 11.7 Å². The predicted molar refractivity (Wildman–Crippen MR) is 73.1 cm³/mol. The lowest BCUT2D eigenvalue weighted by Crippen LogP contribution is -2.39. The summed E-state index contributed by atoms with van der Waals surface area (Å²) in [6, 6.07) is 1.47. The maximum Gasteiger partial charge on any atom is 0.255 e. The third-order valence-electron chi connectivity index (χ3n) is 3.58. The Kier molecular flexibility index (Phi) is 4.74. The van der Waals surface area contributed by atoms with Crippen LogP contribution in [0.15, 0.2) is 18.5 Å². The van der Waals surface area contributed by atoms with E-state index >= 15 is 0 Å². The van der Waals surface area contributed by atoms with Crippen molar-refractivity contribution in [2.24, 2.45) is 5.92 Å². The number of nitrogens with one attached hydrogen (secondary N) is 1. The Bertz CT molecular complexity index is 430. The van der Waals surface area contributed by atoms with Gasteiger partial charge in [-0.1, -0.05) is 0 Å². The zero-order valence-corrected chi connectivity index (χ0v) is 11.3. The molecule has 1 aliphatic rings. The molecule has 0 aromatic carbocycles. The standard InChI is InChI=1S/C14H21N3O2/c1-2-17(10-11-3-5-15-6-4-11)14(19)12-7-13(18)9-16-8-12/h7-9,11,15,18H,2-6,10H2,1H3. The molecule has 104 valence electrons. The summed E-state index contributed by atoms with van der Waals surface area (Å²) in [5, 5.41) is 12.7. The number of nitrogens with zero attached hydrogens (tertiary/aromatic N) is 2. The first-order chi connectivity index (χ1) is 9.20. The highest BCUT2D eigenvalue weighted by Gasteiger charge is 2.21. The second-order valence-electron chi connectivity index (χ2n) is 4.97. The van der Waals surface area contributed by atoms with Crippen LogP contribution >= 0.6 is 0 Å². The molecule has 1 fully saturated rings. The molecule has 0 unspecified atom stereocenters. The number of hydrogen-bond acceptors (Lipinski definition) is 4. The Hall–Kier alpha value is -1.62. The maximum absolute atomic E-state index is 12.4. The third kappa shape index (κ3) is 3.67. The van der Waals surface area contributed by atoms with Crippen LogP contribution in [-0.2, 0) is 0 Å². The SMILES string of the molecule is CCN(CC1CCNCC1)C(=O)c1cncc(O)c1. The lowest BCUT2D eigenvalue weighted by Gasteiger charge is -2.29. The van der Waals surface area contributed by atoms with E-state index < -0.39 is 0 Å². The van der Waals surface area contributed by atoms with E-state index in [0.29, 0.717) is 18.0 Å². The molecule has 0 saturated carbocycles. The lowest BCUT2D eigenvalue weighted by molar-refractivity contribution is 0.0726.